The topological polar surface area (TPSA) is 3.24 Å². The van der Waals surface area contributed by atoms with E-state index in [4.69, 9.17) is 0 Å². The highest BCUT2D eigenvalue weighted by atomic mass is 28.3. The minimum absolute atomic E-state index is 1.06. The molecule has 0 fully saturated rings. The molecule has 0 aromatic carbocycles. The Morgan fingerprint density at radius 2 is 1.86 bits per heavy atom. The van der Waals surface area contributed by atoms with Gasteiger partial charge in [0.2, 0.25) is 0 Å². The molecule has 0 bridgehead atoms. The Kier molecular flexibility index (Phi) is 6.37. The monoisotopic (exact) mass is 213 g/mol. The summed E-state index contributed by atoms with van der Waals surface area (Å²) in [6.07, 6.45) is 2.59. The van der Waals surface area contributed by atoms with Crippen molar-refractivity contribution in [2.45, 2.75) is 46.3 Å². The van der Waals surface area contributed by atoms with Gasteiger partial charge in [0, 0.05) is 0 Å². The molecule has 0 aliphatic heterocycles. The molecule has 14 heavy (non-hydrogen) atoms. The zero-order chi connectivity index (χ0) is 11.2. The summed E-state index contributed by atoms with van der Waals surface area (Å²) in [7, 11) is -1.06. The van der Waals surface area contributed by atoms with Crippen molar-refractivity contribution in [3.63, 3.8) is 0 Å². The fraction of sp³-hybridized carbons (Fsp3) is 0.833. The molecule has 0 aliphatic carbocycles. The van der Waals surface area contributed by atoms with Crippen LogP contribution in [0.4, 0.5) is 0 Å². The molecular weight excluding hydrogens is 186 g/mol. The van der Waals surface area contributed by atoms with E-state index in [0.717, 1.165) is 0 Å². The van der Waals surface area contributed by atoms with Crippen LogP contribution in [-0.2, 0) is 0 Å². The summed E-state index contributed by atoms with van der Waals surface area (Å²) in [5, 5.41) is 0. The maximum atomic E-state index is 4.04. The summed E-state index contributed by atoms with van der Waals surface area (Å²) in [4.78, 5) is 2.59. The van der Waals surface area contributed by atoms with Crippen molar-refractivity contribution in [2.75, 3.05) is 19.3 Å². The summed E-state index contributed by atoms with van der Waals surface area (Å²) in [5.74, 6) is 0. The first-order chi connectivity index (χ1) is 6.41. The zero-order valence-corrected chi connectivity index (χ0v) is 11.7. The quantitative estimate of drug-likeness (QED) is 0.462. The molecule has 0 aliphatic rings. The van der Waals surface area contributed by atoms with Crippen molar-refractivity contribution in [1.29, 1.82) is 0 Å². The van der Waals surface area contributed by atoms with E-state index in [-0.39, 0.29) is 0 Å². The molecule has 0 spiro atoms. The molecule has 0 saturated carbocycles. The highest BCUT2D eigenvalue weighted by Crippen LogP contribution is 2.16. The van der Waals surface area contributed by atoms with E-state index in [1.807, 2.05) is 0 Å². The van der Waals surface area contributed by atoms with Crippen LogP contribution < -0.4 is 0 Å². The zero-order valence-electron chi connectivity index (χ0n) is 10.7. The van der Waals surface area contributed by atoms with Gasteiger partial charge in [-0.15, -0.1) is 6.58 Å². The summed E-state index contributed by atoms with van der Waals surface area (Å²) in [5.41, 5.74) is 1.36. The molecule has 2 heteroatoms. The largest absolute Gasteiger partial charge is 0.306 e. The lowest BCUT2D eigenvalue weighted by molar-refractivity contribution is 0.329. The maximum absolute atomic E-state index is 4.04. The van der Waals surface area contributed by atoms with Crippen LogP contribution in [-0.4, -0.2) is 32.2 Å². The van der Waals surface area contributed by atoms with Crippen molar-refractivity contribution >= 4 is 8.07 Å². The molecule has 0 aromatic rings. The van der Waals surface area contributed by atoms with Crippen LogP contribution in [0.25, 0.3) is 0 Å². The lowest BCUT2D eigenvalue weighted by Crippen LogP contribution is -2.42. The fourth-order valence-corrected chi connectivity index (χ4v) is 5.48. The maximum Gasteiger partial charge on any atom is 0.0669 e. The van der Waals surface area contributed by atoms with Gasteiger partial charge in [-0.3, -0.25) is 0 Å². The average Bonchev–Trinajstić information content (AvgIpc) is 2.00. The Hall–Kier alpha value is -0.0831. The first-order valence-corrected chi connectivity index (χ1v) is 9.19. The van der Waals surface area contributed by atoms with Crippen LogP contribution in [0.15, 0.2) is 12.2 Å². The summed E-state index contributed by atoms with van der Waals surface area (Å²) in [6, 6.07) is 1.27. The van der Waals surface area contributed by atoms with Crippen molar-refractivity contribution in [2.24, 2.45) is 0 Å². The van der Waals surface area contributed by atoms with E-state index >= 15 is 0 Å². The highest BCUT2D eigenvalue weighted by molar-refractivity contribution is 6.78. The van der Waals surface area contributed by atoms with E-state index in [0.29, 0.717) is 0 Å². The van der Waals surface area contributed by atoms with Gasteiger partial charge >= 0.3 is 0 Å². The minimum atomic E-state index is -1.06. The second kappa shape index (κ2) is 6.41. The molecule has 0 N–H and O–H groups in total. The van der Waals surface area contributed by atoms with Gasteiger partial charge in [0.15, 0.2) is 0 Å². The Morgan fingerprint density at radius 1 is 1.29 bits per heavy atom. The highest BCUT2D eigenvalue weighted by Gasteiger charge is 2.22. The Morgan fingerprint density at radius 3 is 2.21 bits per heavy atom. The molecular formula is C12H27NSi. The van der Waals surface area contributed by atoms with Crippen LogP contribution >= 0.6 is 0 Å². The summed E-state index contributed by atoms with van der Waals surface area (Å²) in [6.45, 7) is 18.1. The van der Waals surface area contributed by atoms with Crippen LogP contribution in [0, 0.1) is 0 Å². The van der Waals surface area contributed by atoms with E-state index in [9.17, 15) is 0 Å². The van der Waals surface area contributed by atoms with Crippen LogP contribution in [0.5, 0.6) is 0 Å². The summed E-state index contributed by atoms with van der Waals surface area (Å²) >= 11 is 0. The minimum Gasteiger partial charge on any atom is -0.306 e. The predicted octanol–water partition coefficient (Wildman–Crippen LogP) is 3.54. The van der Waals surface area contributed by atoms with E-state index < -0.39 is 8.07 Å². The van der Waals surface area contributed by atoms with Crippen molar-refractivity contribution < 1.29 is 0 Å². The molecule has 0 saturated heterocycles. The molecule has 0 heterocycles. The third-order valence-electron chi connectivity index (χ3n) is 2.42. The van der Waals surface area contributed by atoms with Crippen molar-refractivity contribution in [3.05, 3.63) is 12.2 Å². The molecule has 0 unspecified atom stereocenters. The van der Waals surface area contributed by atoms with E-state index in [1.165, 1.54) is 37.3 Å². The first-order valence-electron chi connectivity index (χ1n) is 5.78. The van der Waals surface area contributed by atoms with Gasteiger partial charge in [0.25, 0.3) is 0 Å². The molecule has 0 aromatic heterocycles. The SMILES string of the molecule is C=C(C)C[Si](C)(C)CN(CC)CCC. The third-order valence-corrected chi connectivity index (χ3v) is 5.28. The standard InChI is InChI=1S/C12H27NSi/c1-7-9-13(8-2)11-14(5,6)10-12(3)4/h3,7-11H2,1-2,4-6H3. The average molecular weight is 213 g/mol. The van der Waals surface area contributed by atoms with Gasteiger partial charge in [-0.05, 0) is 38.6 Å². The van der Waals surface area contributed by atoms with Gasteiger partial charge < -0.3 is 4.90 Å². The Bertz CT molecular complexity index is 175. The van der Waals surface area contributed by atoms with Crippen molar-refractivity contribution in [1.82, 2.24) is 4.90 Å². The van der Waals surface area contributed by atoms with Crippen LogP contribution in [0.2, 0.25) is 19.1 Å². The Balaban J connectivity index is 4.09. The molecule has 0 amide bonds. The number of rotatable bonds is 7. The second-order valence-corrected chi connectivity index (χ2v) is 10.2. The third kappa shape index (κ3) is 6.38. The smallest absolute Gasteiger partial charge is 0.0669 e. The second-order valence-electron chi connectivity index (χ2n) is 5.17. The van der Waals surface area contributed by atoms with Crippen LogP contribution in [0.3, 0.4) is 0 Å². The van der Waals surface area contributed by atoms with Gasteiger partial charge in [-0.1, -0.05) is 32.5 Å². The van der Waals surface area contributed by atoms with Gasteiger partial charge in [-0.25, -0.2) is 0 Å². The van der Waals surface area contributed by atoms with Gasteiger partial charge in [-0.2, -0.15) is 0 Å². The first kappa shape index (κ1) is 13.9. The molecule has 1 nitrogen and oxygen atoms in total. The van der Waals surface area contributed by atoms with Gasteiger partial charge in [0.1, 0.15) is 0 Å². The van der Waals surface area contributed by atoms with Crippen LogP contribution in [0.1, 0.15) is 27.2 Å². The number of hydrogen-bond donors (Lipinski definition) is 0. The summed E-state index contributed by atoms with van der Waals surface area (Å²) < 4.78 is 0. The predicted molar refractivity (Wildman–Crippen MR) is 69.5 cm³/mol. The fourth-order valence-electron chi connectivity index (χ4n) is 2.14. The van der Waals surface area contributed by atoms with Crippen molar-refractivity contribution in [3.8, 4) is 0 Å². The number of hydrogen-bond acceptors (Lipinski definition) is 1. The lowest BCUT2D eigenvalue weighted by Gasteiger charge is -2.30. The van der Waals surface area contributed by atoms with Gasteiger partial charge in [0.05, 0.1) is 8.07 Å². The number of nitrogens with zero attached hydrogens (tertiary/aromatic N) is 1. The molecule has 0 rings (SSSR count). The lowest BCUT2D eigenvalue weighted by atomic mass is 10.4. The molecule has 84 valence electrons. The van der Waals surface area contributed by atoms with E-state index in [1.54, 1.807) is 0 Å². The number of allylic oxidation sites excluding steroid dienone is 1. The Labute approximate surface area is 91.2 Å². The molecule has 0 radical (unpaired) electrons. The normalized spacial score (nSPS) is 12.1. The van der Waals surface area contributed by atoms with E-state index in [2.05, 4.69) is 45.3 Å². The molecule has 0 atom stereocenters.